The summed E-state index contributed by atoms with van der Waals surface area (Å²) in [4.78, 5) is 0. The number of likely N-dealkylation sites (N-methyl/N-ethyl adjacent to an activating group) is 1. The molecule has 0 saturated carbocycles. The van der Waals surface area contributed by atoms with E-state index in [0.29, 0.717) is 23.5 Å². The third-order valence-electron chi connectivity index (χ3n) is 2.89. The number of aryl methyl sites for hydroxylation is 1. The lowest BCUT2D eigenvalue weighted by Crippen LogP contribution is -2.20. The molecule has 0 fully saturated rings. The van der Waals surface area contributed by atoms with Crippen LogP contribution in [-0.2, 0) is 4.74 Å². The van der Waals surface area contributed by atoms with Crippen molar-refractivity contribution >= 4 is 0 Å². The molecular weight excluding hydrogens is 224 g/mol. The maximum absolute atomic E-state index is 13.8. The first-order chi connectivity index (χ1) is 8.13. The lowest BCUT2D eigenvalue weighted by atomic mass is 10.0. The van der Waals surface area contributed by atoms with Crippen LogP contribution in [0, 0.1) is 18.6 Å². The molecule has 2 rings (SSSR count). The largest absolute Gasteiger partial charge is 0.496 e. The van der Waals surface area contributed by atoms with Crippen LogP contribution in [0.3, 0.4) is 0 Å². The average Bonchev–Trinajstić information content (AvgIpc) is 2.80. The lowest BCUT2D eigenvalue weighted by Gasteiger charge is -2.19. The topological polar surface area (TPSA) is 21.3 Å². The zero-order chi connectivity index (χ0) is 12.4. The van der Waals surface area contributed by atoms with Crippen LogP contribution in [0.2, 0.25) is 0 Å². The maximum Gasteiger partial charge on any atom is 0.131 e. The highest BCUT2D eigenvalue weighted by Crippen LogP contribution is 2.29. The summed E-state index contributed by atoms with van der Waals surface area (Å²) in [5.74, 6) is -0.372. The van der Waals surface area contributed by atoms with E-state index < -0.39 is 11.6 Å². The van der Waals surface area contributed by atoms with E-state index in [1.54, 1.807) is 14.0 Å². The van der Waals surface area contributed by atoms with Crippen LogP contribution in [0.1, 0.15) is 23.6 Å². The summed E-state index contributed by atoms with van der Waals surface area (Å²) in [6, 6.07) is 2.09. The fraction of sp³-hybridized carbons (Fsp3) is 0.385. The van der Waals surface area contributed by atoms with Crippen LogP contribution in [0.5, 0.6) is 0 Å². The molecule has 0 amide bonds. The molecule has 1 aliphatic heterocycles. The van der Waals surface area contributed by atoms with Crippen molar-refractivity contribution in [2.75, 3.05) is 13.7 Å². The van der Waals surface area contributed by atoms with Gasteiger partial charge in [0.15, 0.2) is 0 Å². The molecule has 1 atom stereocenters. The van der Waals surface area contributed by atoms with Gasteiger partial charge in [-0.1, -0.05) is 0 Å². The molecule has 1 aromatic carbocycles. The molecule has 1 unspecified atom stereocenters. The van der Waals surface area contributed by atoms with Crippen molar-refractivity contribution in [2.45, 2.75) is 19.4 Å². The number of rotatable bonds is 3. The molecule has 4 heteroatoms. The SMILES string of the molecule is CNC(C1=CCCO1)c1cc(C)c(F)cc1F. The van der Waals surface area contributed by atoms with Gasteiger partial charge in [0.05, 0.1) is 12.6 Å². The van der Waals surface area contributed by atoms with Crippen LogP contribution < -0.4 is 5.32 Å². The zero-order valence-electron chi connectivity index (χ0n) is 9.89. The highest BCUT2D eigenvalue weighted by Gasteiger charge is 2.23. The molecule has 1 aromatic rings. The second kappa shape index (κ2) is 4.84. The molecule has 0 saturated heterocycles. The molecule has 0 aromatic heterocycles. The quantitative estimate of drug-likeness (QED) is 0.875. The van der Waals surface area contributed by atoms with E-state index in [-0.39, 0.29) is 6.04 Å². The normalized spacial score (nSPS) is 16.6. The number of ether oxygens (including phenoxy) is 1. The summed E-state index contributed by atoms with van der Waals surface area (Å²) < 4.78 is 32.4. The van der Waals surface area contributed by atoms with Gasteiger partial charge in [0.1, 0.15) is 17.4 Å². The van der Waals surface area contributed by atoms with Crippen LogP contribution in [-0.4, -0.2) is 13.7 Å². The molecule has 0 spiro atoms. The molecule has 17 heavy (non-hydrogen) atoms. The van der Waals surface area contributed by atoms with Crippen molar-refractivity contribution in [2.24, 2.45) is 0 Å². The zero-order valence-corrected chi connectivity index (χ0v) is 9.89. The third kappa shape index (κ3) is 2.31. The lowest BCUT2D eigenvalue weighted by molar-refractivity contribution is 0.216. The Morgan fingerprint density at radius 3 is 2.65 bits per heavy atom. The van der Waals surface area contributed by atoms with Gasteiger partial charge in [-0.15, -0.1) is 0 Å². The standard InChI is InChI=1S/C13H15F2NO/c1-8-6-9(11(15)7-10(8)14)13(16-2)12-4-3-5-17-12/h4,6-7,13,16H,3,5H2,1-2H3. The summed E-state index contributed by atoms with van der Waals surface area (Å²) in [6.07, 6.45) is 2.76. The van der Waals surface area contributed by atoms with Gasteiger partial charge in [-0.2, -0.15) is 0 Å². The Bertz CT molecular complexity index is 457. The monoisotopic (exact) mass is 239 g/mol. The van der Waals surface area contributed by atoms with Gasteiger partial charge in [-0.3, -0.25) is 0 Å². The predicted octanol–water partition coefficient (Wildman–Crippen LogP) is 2.84. The number of hydrogen-bond donors (Lipinski definition) is 1. The Balaban J connectivity index is 2.40. The fourth-order valence-electron chi connectivity index (χ4n) is 1.99. The van der Waals surface area contributed by atoms with Crippen molar-refractivity contribution in [1.82, 2.24) is 5.32 Å². The Morgan fingerprint density at radius 2 is 2.06 bits per heavy atom. The Labute approximate surface area is 99.3 Å². The van der Waals surface area contributed by atoms with E-state index in [0.717, 1.165) is 12.5 Å². The van der Waals surface area contributed by atoms with E-state index >= 15 is 0 Å². The predicted molar refractivity (Wildman–Crippen MR) is 61.5 cm³/mol. The molecule has 0 aliphatic carbocycles. The van der Waals surface area contributed by atoms with Gasteiger partial charge in [0.2, 0.25) is 0 Å². The van der Waals surface area contributed by atoms with Gasteiger partial charge in [0.25, 0.3) is 0 Å². The van der Waals surface area contributed by atoms with Crippen molar-refractivity contribution in [1.29, 1.82) is 0 Å². The Morgan fingerprint density at radius 1 is 1.29 bits per heavy atom. The van der Waals surface area contributed by atoms with Gasteiger partial charge in [-0.05, 0) is 31.7 Å². The van der Waals surface area contributed by atoms with Crippen LogP contribution in [0.4, 0.5) is 8.78 Å². The third-order valence-corrected chi connectivity index (χ3v) is 2.89. The number of benzene rings is 1. The number of halogens is 2. The van der Waals surface area contributed by atoms with Crippen molar-refractivity contribution in [3.8, 4) is 0 Å². The summed E-state index contributed by atoms with van der Waals surface area (Å²) in [6.45, 7) is 2.24. The number of hydrogen-bond acceptors (Lipinski definition) is 2. The van der Waals surface area contributed by atoms with Crippen LogP contribution in [0.25, 0.3) is 0 Å². The Kier molecular flexibility index (Phi) is 3.43. The summed E-state index contributed by atoms with van der Waals surface area (Å²) >= 11 is 0. The summed E-state index contributed by atoms with van der Waals surface area (Å²) in [5, 5.41) is 2.99. The highest BCUT2D eigenvalue weighted by atomic mass is 19.1. The van der Waals surface area contributed by atoms with Gasteiger partial charge in [0, 0.05) is 18.1 Å². The van der Waals surface area contributed by atoms with Crippen molar-refractivity contribution in [3.63, 3.8) is 0 Å². The van der Waals surface area contributed by atoms with E-state index in [4.69, 9.17) is 4.74 Å². The molecule has 1 heterocycles. The minimum Gasteiger partial charge on any atom is -0.496 e. The minimum atomic E-state index is -0.552. The van der Waals surface area contributed by atoms with Gasteiger partial charge >= 0.3 is 0 Å². The first-order valence-electron chi connectivity index (χ1n) is 5.59. The number of nitrogens with one attached hydrogen (secondary N) is 1. The smallest absolute Gasteiger partial charge is 0.131 e. The van der Waals surface area contributed by atoms with E-state index in [1.165, 1.54) is 6.07 Å². The first-order valence-corrected chi connectivity index (χ1v) is 5.59. The van der Waals surface area contributed by atoms with Gasteiger partial charge < -0.3 is 10.1 Å². The molecule has 0 bridgehead atoms. The molecular formula is C13H15F2NO. The fourth-order valence-corrected chi connectivity index (χ4v) is 1.99. The van der Waals surface area contributed by atoms with Crippen molar-refractivity contribution < 1.29 is 13.5 Å². The summed E-state index contributed by atoms with van der Waals surface area (Å²) in [5.41, 5.74) is 0.847. The second-order valence-electron chi connectivity index (χ2n) is 4.09. The molecule has 1 N–H and O–H groups in total. The van der Waals surface area contributed by atoms with E-state index in [1.807, 2.05) is 6.08 Å². The molecule has 0 radical (unpaired) electrons. The van der Waals surface area contributed by atoms with Crippen LogP contribution in [0.15, 0.2) is 24.0 Å². The minimum absolute atomic E-state index is 0.350. The van der Waals surface area contributed by atoms with Gasteiger partial charge in [-0.25, -0.2) is 8.78 Å². The highest BCUT2D eigenvalue weighted by molar-refractivity contribution is 5.32. The molecule has 92 valence electrons. The molecule has 2 nitrogen and oxygen atoms in total. The average molecular weight is 239 g/mol. The molecule has 1 aliphatic rings. The van der Waals surface area contributed by atoms with Crippen LogP contribution >= 0.6 is 0 Å². The van der Waals surface area contributed by atoms with Crippen molar-refractivity contribution in [3.05, 3.63) is 46.7 Å². The first kappa shape index (κ1) is 12.0. The van der Waals surface area contributed by atoms with E-state index in [2.05, 4.69) is 5.32 Å². The maximum atomic E-state index is 13.8. The second-order valence-corrected chi connectivity index (χ2v) is 4.09. The summed E-state index contributed by atoms with van der Waals surface area (Å²) in [7, 11) is 1.73. The Hall–Kier alpha value is -1.42. The van der Waals surface area contributed by atoms with E-state index in [9.17, 15) is 8.78 Å².